The van der Waals surface area contributed by atoms with Crippen LogP contribution < -0.4 is 10.6 Å². The van der Waals surface area contributed by atoms with Crippen molar-refractivity contribution in [3.05, 3.63) is 50.5 Å². The number of nitrogens with zero attached hydrogens (tertiary/aromatic N) is 1. The monoisotopic (exact) mass is 287 g/mol. The van der Waals surface area contributed by atoms with Gasteiger partial charge in [-0.2, -0.15) is 0 Å². The number of nitrogens with one attached hydrogen (secondary N) is 2. The zero-order chi connectivity index (χ0) is 14.1. The van der Waals surface area contributed by atoms with Crippen LogP contribution in [0.15, 0.2) is 18.2 Å². The number of aromatic nitrogens is 1. The molecule has 1 aromatic heterocycles. The highest BCUT2D eigenvalue weighted by Gasteiger charge is 2.14. The van der Waals surface area contributed by atoms with E-state index in [1.54, 1.807) is 11.3 Å². The molecule has 0 saturated carbocycles. The van der Waals surface area contributed by atoms with E-state index < -0.39 is 0 Å². The molecule has 1 aromatic carbocycles. The van der Waals surface area contributed by atoms with Crippen molar-refractivity contribution in [3.63, 3.8) is 0 Å². The normalized spacial score (nSPS) is 13.3. The summed E-state index contributed by atoms with van der Waals surface area (Å²) >= 11 is 1.64. The van der Waals surface area contributed by atoms with E-state index in [0.717, 1.165) is 34.2 Å². The summed E-state index contributed by atoms with van der Waals surface area (Å²) in [5, 5.41) is 7.29. The second-order valence-electron chi connectivity index (χ2n) is 5.01. The van der Waals surface area contributed by atoms with Gasteiger partial charge in [-0.05, 0) is 37.1 Å². The molecule has 2 N–H and O–H groups in total. The third kappa shape index (κ3) is 2.59. The summed E-state index contributed by atoms with van der Waals surface area (Å²) in [6.45, 7) is 6.26. The third-order valence-electron chi connectivity index (χ3n) is 3.51. The lowest BCUT2D eigenvalue weighted by atomic mass is 10.1. The SMILES string of the molecule is Cc1nc(C)c(CNC(=O)c2ccc3c(c2)CNC3)s1. The van der Waals surface area contributed by atoms with Gasteiger partial charge in [-0.1, -0.05) is 6.07 Å². The van der Waals surface area contributed by atoms with E-state index in [1.807, 2.05) is 32.0 Å². The Labute approximate surface area is 122 Å². The van der Waals surface area contributed by atoms with Crippen LogP contribution in [0.4, 0.5) is 0 Å². The lowest BCUT2D eigenvalue weighted by Crippen LogP contribution is -2.22. The average Bonchev–Trinajstić information content (AvgIpc) is 3.01. The van der Waals surface area contributed by atoms with Crippen molar-refractivity contribution in [1.82, 2.24) is 15.6 Å². The van der Waals surface area contributed by atoms with Gasteiger partial charge in [0.05, 0.1) is 17.2 Å². The van der Waals surface area contributed by atoms with Crippen LogP contribution in [0.2, 0.25) is 0 Å². The summed E-state index contributed by atoms with van der Waals surface area (Å²) in [7, 11) is 0. The number of benzene rings is 1. The summed E-state index contributed by atoms with van der Waals surface area (Å²) in [6.07, 6.45) is 0. The lowest BCUT2D eigenvalue weighted by molar-refractivity contribution is 0.0951. The van der Waals surface area contributed by atoms with Gasteiger partial charge in [-0.15, -0.1) is 11.3 Å². The molecule has 1 aliphatic rings. The molecule has 2 aromatic rings. The van der Waals surface area contributed by atoms with Gasteiger partial charge in [0.2, 0.25) is 0 Å². The molecule has 0 radical (unpaired) electrons. The third-order valence-corrected chi connectivity index (χ3v) is 4.58. The molecule has 0 bridgehead atoms. The van der Waals surface area contributed by atoms with Crippen LogP contribution in [0.3, 0.4) is 0 Å². The molecule has 0 atom stereocenters. The van der Waals surface area contributed by atoms with E-state index >= 15 is 0 Å². The first-order chi connectivity index (χ1) is 9.63. The van der Waals surface area contributed by atoms with Gasteiger partial charge in [0.15, 0.2) is 0 Å². The highest BCUT2D eigenvalue weighted by molar-refractivity contribution is 7.11. The van der Waals surface area contributed by atoms with Crippen molar-refractivity contribution < 1.29 is 4.79 Å². The van der Waals surface area contributed by atoms with Crippen LogP contribution in [-0.4, -0.2) is 10.9 Å². The second-order valence-corrected chi connectivity index (χ2v) is 6.30. The Kier molecular flexibility index (Phi) is 3.54. The van der Waals surface area contributed by atoms with Gasteiger partial charge >= 0.3 is 0 Å². The van der Waals surface area contributed by atoms with E-state index in [-0.39, 0.29) is 5.91 Å². The number of rotatable bonds is 3. The maximum absolute atomic E-state index is 12.2. The Morgan fingerprint density at radius 1 is 1.35 bits per heavy atom. The van der Waals surface area contributed by atoms with Crippen molar-refractivity contribution in [2.24, 2.45) is 0 Å². The Bertz CT molecular complexity index is 663. The van der Waals surface area contributed by atoms with Crippen molar-refractivity contribution in [2.75, 3.05) is 0 Å². The van der Waals surface area contributed by atoms with Gasteiger partial charge in [-0.3, -0.25) is 4.79 Å². The van der Waals surface area contributed by atoms with Gasteiger partial charge in [0, 0.05) is 23.5 Å². The van der Waals surface area contributed by atoms with Crippen LogP contribution >= 0.6 is 11.3 Å². The maximum atomic E-state index is 12.2. The molecule has 0 saturated heterocycles. The fourth-order valence-electron chi connectivity index (χ4n) is 2.44. The molecule has 1 amide bonds. The van der Waals surface area contributed by atoms with Crippen LogP contribution in [-0.2, 0) is 19.6 Å². The van der Waals surface area contributed by atoms with Crippen molar-refractivity contribution >= 4 is 17.2 Å². The number of amides is 1. The predicted molar refractivity (Wildman–Crippen MR) is 79.7 cm³/mol. The second kappa shape index (κ2) is 5.34. The first-order valence-corrected chi connectivity index (χ1v) is 7.49. The molecular weight excluding hydrogens is 270 g/mol. The zero-order valence-electron chi connectivity index (χ0n) is 11.6. The molecule has 4 nitrogen and oxygen atoms in total. The predicted octanol–water partition coefficient (Wildman–Crippen LogP) is 2.29. The summed E-state index contributed by atoms with van der Waals surface area (Å²) in [6, 6.07) is 5.91. The molecule has 0 fully saturated rings. The highest BCUT2D eigenvalue weighted by Crippen LogP contribution is 2.18. The minimum atomic E-state index is -0.0230. The van der Waals surface area contributed by atoms with Gasteiger partial charge < -0.3 is 10.6 Å². The largest absolute Gasteiger partial charge is 0.347 e. The standard InChI is InChI=1S/C15H17N3OS/c1-9-14(20-10(2)18-9)8-17-15(19)11-3-4-12-6-16-7-13(12)5-11/h3-5,16H,6-8H2,1-2H3,(H,17,19). The van der Waals surface area contributed by atoms with E-state index in [0.29, 0.717) is 6.54 Å². The molecule has 0 aliphatic carbocycles. The lowest BCUT2D eigenvalue weighted by Gasteiger charge is -2.06. The topological polar surface area (TPSA) is 54.0 Å². The number of fused-ring (bicyclic) bond motifs is 1. The smallest absolute Gasteiger partial charge is 0.251 e. The number of carbonyl (C=O) groups is 1. The van der Waals surface area contributed by atoms with Crippen molar-refractivity contribution in [1.29, 1.82) is 0 Å². The number of aryl methyl sites for hydroxylation is 2. The molecule has 0 unspecified atom stereocenters. The fourth-order valence-corrected chi connectivity index (χ4v) is 3.31. The minimum Gasteiger partial charge on any atom is -0.347 e. The first-order valence-electron chi connectivity index (χ1n) is 6.67. The van der Waals surface area contributed by atoms with Gasteiger partial charge in [-0.25, -0.2) is 4.98 Å². The van der Waals surface area contributed by atoms with E-state index in [2.05, 4.69) is 15.6 Å². The Balaban J connectivity index is 1.69. The maximum Gasteiger partial charge on any atom is 0.251 e. The number of thiazole rings is 1. The molecule has 1 aliphatic heterocycles. The number of carbonyl (C=O) groups excluding carboxylic acids is 1. The molecule has 0 spiro atoms. The summed E-state index contributed by atoms with van der Waals surface area (Å²) < 4.78 is 0. The molecular formula is C15H17N3OS. The van der Waals surface area contributed by atoms with Gasteiger partial charge in [0.1, 0.15) is 0 Å². The first kappa shape index (κ1) is 13.3. The summed E-state index contributed by atoms with van der Waals surface area (Å²) in [4.78, 5) is 17.7. The molecule has 20 heavy (non-hydrogen) atoms. The molecule has 3 rings (SSSR count). The zero-order valence-corrected chi connectivity index (χ0v) is 12.4. The van der Waals surface area contributed by atoms with Crippen LogP contribution in [0, 0.1) is 13.8 Å². The Morgan fingerprint density at radius 3 is 2.90 bits per heavy atom. The van der Waals surface area contributed by atoms with Crippen molar-refractivity contribution in [3.8, 4) is 0 Å². The fraction of sp³-hybridized carbons (Fsp3) is 0.333. The van der Waals surface area contributed by atoms with E-state index in [1.165, 1.54) is 11.1 Å². The van der Waals surface area contributed by atoms with Crippen LogP contribution in [0.25, 0.3) is 0 Å². The van der Waals surface area contributed by atoms with E-state index in [9.17, 15) is 4.79 Å². The highest BCUT2D eigenvalue weighted by atomic mass is 32.1. The average molecular weight is 287 g/mol. The minimum absolute atomic E-state index is 0.0230. The summed E-state index contributed by atoms with van der Waals surface area (Å²) in [5.74, 6) is -0.0230. The van der Waals surface area contributed by atoms with Crippen molar-refractivity contribution in [2.45, 2.75) is 33.5 Å². The number of hydrogen-bond donors (Lipinski definition) is 2. The van der Waals surface area contributed by atoms with Crippen LogP contribution in [0.1, 0.15) is 37.1 Å². The van der Waals surface area contributed by atoms with Gasteiger partial charge in [0.25, 0.3) is 5.91 Å². The number of hydrogen-bond acceptors (Lipinski definition) is 4. The molecule has 5 heteroatoms. The Morgan fingerprint density at radius 2 is 2.15 bits per heavy atom. The quantitative estimate of drug-likeness (QED) is 0.910. The summed E-state index contributed by atoms with van der Waals surface area (Å²) in [5.41, 5.74) is 4.25. The molecule has 104 valence electrons. The Hall–Kier alpha value is -1.72. The van der Waals surface area contributed by atoms with E-state index in [4.69, 9.17) is 0 Å². The molecule has 2 heterocycles. The van der Waals surface area contributed by atoms with Crippen LogP contribution in [0.5, 0.6) is 0 Å².